The van der Waals surface area contributed by atoms with Crippen molar-refractivity contribution in [2.24, 2.45) is 0 Å². The summed E-state index contributed by atoms with van der Waals surface area (Å²) in [5.74, 6) is 1.51. The van der Waals surface area contributed by atoms with Gasteiger partial charge >= 0.3 is 0 Å². The quantitative estimate of drug-likeness (QED) is 0.140. The first-order valence-electron chi connectivity index (χ1n) is 17.6. The van der Waals surface area contributed by atoms with Crippen LogP contribution in [-0.2, 0) is 12.0 Å². The number of anilines is 1. The molecule has 4 heterocycles. The summed E-state index contributed by atoms with van der Waals surface area (Å²) >= 11 is 0. The van der Waals surface area contributed by atoms with Crippen molar-refractivity contribution in [2.75, 3.05) is 11.9 Å². The van der Waals surface area contributed by atoms with Gasteiger partial charge in [-0.25, -0.2) is 14.6 Å². The molecule has 0 unspecified atom stereocenters. The number of hydrogen-bond donors (Lipinski definition) is 1. The number of nitrogens with zero attached hydrogens (tertiary/aromatic N) is 8. The van der Waals surface area contributed by atoms with Gasteiger partial charge in [0, 0.05) is 13.0 Å². The Kier molecular flexibility index (Phi) is 8.89. The van der Waals surface area contributed by atoms with E-state index >= 15 is 0 Å². The van der Waals surface area contributed by atoms with E-state index < -0.39 is 5.54 Å². The van der Waals surface area contributed by atoms with Crippen LogP contribution in [-0.4, -0.2) is 46.4 Å². The van der Waals surface area contributed by atoms with E-state index in [1.165, 1.54) is 0 Å². The van der Waals surface area contributed by atoms with Crippen LogP contribution in [0.1, 0.15) is 52.5 Å². The summed E-state index contributed by atoms with van der Waals surface area (Å²) in [6.07, 6.45) is 0.401. The van der Waals surface area contributed by atoms with E-state index in [9.17, 15) is 4.79 Å². The largest absolute Gasteiger partial charge is 0.365 e. The van der Waals surface area contributed by atoms with Crippen molar-refractivity contribution in [1.82, 2.24) is 39.9 Å². The predicted molar refractivity (Wildman–Crippen MR) is 204 cm³/mol. The number of aryl methyl sites for hydroxylation is 2. The SMILES string of the molecule is Cc1noc(C)c1-c1ccc2nc(NCCc3nnnn3C(c3ccccc3)(c3ccccc3)c3ccccc3)c(=O)n([C@@H](C)c3ccccc3)c2n1. The number of fused-ring (bicyclic) bond motifs is 1. The summed E-state index contributed by atoms with van der Waals surface area (Å²) in [5.41, 5.74) is 6.08. The van der Waals surface area contributed by atoms with Gasteiger partial charge in [-0.15, -0.1) is 5.10 Å². The highest BCUT2D eigenvalue weighted by molar-refractivity contribution is 5.77. The van der Waals surface area contributed by atoms with Gasteiger partial charge in [-0.2, -0.15) is 0 Å². The first-order chi connectivity index (χ1) is 26.0. The molecule has 4 aromatic carbocycles. The first kappa shape index (κ1) is 33.4. The van der Waals surface area contributed by atoms with Crippen molar-refractivity contribution in [1.29, 1.82) is 0 Å². The zero-order valence-electron chi connectivity index (χ0n) is 29.6. The molecule has 0 radical (unpaired) electrons. The Morgan fingerprint density at radius 2 is 1.34 bits per heavy atom. The monoisotopic (exact) mass is 699 g/mol. The smallest absolute Gasteiger partial charge is 0.295 e. The molecule has 0 aliphatic rings. The Hall–Kier alpha value is -6.75. The fourth-order valence-electron chi connectivity index (χ4n) is 7.25. The van der Waals surface area contributed by atoms with E-state index in [1.807, 2.05) is 123 Å². The van der Waals surface area contributed by atoms with Gasteiger partial charge in [0.1, 0.15) is 16.8 Å². The number of benzene rings is 4. The predicted octanol–water partition coefficient (Wildman–Crippen LogP) is 7.15. The zero-order valence-corrected chi connectivity index (χ0v) is 29.6. The Morgan fingerprint density at radius 1 is 0.755 bits per heavy atom. The van der Waals surface area contributed by atoms with E-state index in [2.05, 4.69) is 62.4 Å². The van der Waals surface area contributed by atoms with Gasteiger partial charge in [0.25, 0.3) is 5.56 Å². The average Bonchev–Trinajstić information content (AvgIpc) is 3.82. The van der Waals surface area contributed by atoms with Crippen LogP contribution in [0.5, 0.6) is 0 Å². The van der Waals surface area contributed by atoms with Crippen LogP contribution in [0.2, 0.25) is 0 Å². The van der Waals surface area contributed by atoms with Crippen molar-refractivity contribution in [3.8, 4) is 11.3 Å². The molecule has 1 atom stereocenters. The average molecular weight is 700 g/mol. The fraction of sp³-hybridized carbons (Fsp3) is 0.167. The molecular formula is C42H37N9O2. The second-order valence-corrected chi connectivity index (χ2v) is 13.0. The molecule has 11 nitrogen and oxygen atoms in total. The van der Waals surface area contributed by atoms with Gasteiger partial charge in [0.05, 0.1) is 23.0 Å². The molecule has 8 rings (SSSR count). The summed E-state index contributed by atoms with van der Waals surface area (Å²) in [4.78, 5) is 24.2. The van der Waals surface area contributed by atoms with Crippen LogP contribution in [0, 0.1) is 13.8 Å². The molecule has 0 aliphatic carbocycles. The molecule has 53 heavy (non-hydrogen) atoms. The van der Waals surface area contributed by atoms with Crippen molar-refractivity contribution in [3.05, 3.63) is 183 Å². The molecule has 0 saturated heterocycles. The van der Waals surface area contributed by atoms with E-state index in [0.29, 0.717) is 41.4 Å². The molecule has 0 amide bonds. The number of rotatable bonds is 11. The Bertz CT molecular complexity index is 2430. The van der Waals surface area contributed by atoms with Gasteiger partial charge in [0.2, 0.25) is 0 Å². The highest BCUT2D eigenvalue weighted by Gasteiger charge is 2.41. The molecule has 0 bridgehead atoms. The van der Waals surface area contributed by atoms with Gasteiger partial charge in [0.15, 0.2) is 17.3 Å². The van der Waals surface area contributed by atoms with Gasteiger partial charge in [-0.3, -0.25) is 9.36 Å². The van der Waals surface area contributed by atoms with Crippen LogP contribution in [0.4, 0.5) is 5.82 Å². The number of nitrogens with one attached hydrogen (secondary N) is 1. The molecule has 0 aliphatic heterocycles. The fourth-order valence-corrected chi connectivity index (χ4v) is 7.25. The first-order valence-corrected chi connectivity index (χ1v) is 17.6. The maximum Gasteiger partial charge on any atom is 0.295 e. The minimum Gasteiger partial charge on any atom is -0.365 e. The zero-order chi connectivity index (χ0) is 36.4. The second kappa shape index (κ2) is 14.1. The van der Waals surface area contributed by atoms with Crippen LogP contribution in [0.3, 0.4) is 0 Å². The number of hydrogen-bond acceptors (Lipinski definition) is 9. The Morgan fingerprint density at radius 3 is 1.91 bits per heavy atom. The molecule has 11 heteroatoms. The molecule has 1 N–H and O–H groups in total. The minimum atomic E-state index is -0.869. The van der Waals surface area contributed by atoms with Crippen molar-refractivity contribution < 1.29 is 4.52 Å². The molecule has 0 fully saturated rings. The lowest BCUT2D eigenvalue weighted by atomic mass is 9.77. The molecular weight excluding hydrogens is 663 g/mol. The molecule has 0 saturated carbocycles. The number of tetrazole rings is 1. The van der Waals surface area contributed by atoms with Crippen LogP contribution < -0.4 is 10.9 Å². The van der Waals surface area contributed by atoms with E-state index in [0.717, 1.165) is 33.5 Å². The van der Waals surface area contributed by atoms with Crippen LogP contribution in [0.15, 0.2) is 143 Å². The minimum absolute atomic E-state index is 0.214. The van der Waals surface area contributed by atoms with Crippen molar-refractivity contribution in [3.63, 3.8) is 0 Å². The lowest BCUT2D eigenvalue weighted by molar-refractivity contribution is 0.393. The maximum atomic E-state index is 14.4. The molecule has 4 aromatic heterocycles. The van der Waals surface area contributed by atoms with Crippen molar-refractivity contribution >= 4 is 17.0 Å². The number of aromatic nitrogens is 8. The van der Waals surface area contributed by atoms with E-state index in [1.54, 1.807) is 4.57 Å². The lowest BCUT2D eigenvalue weighted by Crippen LogP contribution is -2.40. The van der Waals surface area contributed by atoms with Gasteiger partial charge in [-0.05, 0) is 65.6 Å². The molecule has 262 valence electrons. The van der Waals surface area contributed by atoms with Crippen LogP contribution >= 0.6 is 0 Å². The highest BCUT2D eigenvalue weighted by atomic mass is 16.5. The summed E-state index contributed by atoms with van der Waals surface area (Å²) in [7, 11) is 0. The third kappa shape index (κ3) is 5.95. The summed E-state index contributed by atoms with van der Waals surface area (Å²) in [6, 6.07) is 44.1. The number of pyridine rings is 1. The van der Waals surface area contributed by atoms with Crippen LogP contribution in [0.25, 0.3) is 22.4 Å². The normalized spacial score (nSPS) is 12.2. The van der Waals surface area contributed by atoms with Gasteiger partial charge in [-0.1, -0.05) is 126 Å². The summed E-state index contributed by atoms with van der Waals surface area (Å²) in [6.45, 7) is 6.07. The maximum absolute atomic E-state index is 14.4. The molecule has 0 spiro atoms. The third-order valence-corrected chi connectivity index (χ3v) is 9.76. The van der Waals surface area contributed by atoms with E-state index in [-0.39, 0.29) is 17.4 Å². The summed E-state index contributed by atoms with van der Waals surface area (Å²) < 4.78 is 9.04. The highest BCUT2D eigenvalue weighted by Crippen LogP contribution is 2.40. The van der Waals surface area contributed by atoms with E-state index in [4.69, 9.17) is 14.5 Å². The second-order valence-electron chi connectivity index (χ2n) is 13.0. The third-order valence-electron chi connectivity index (χ3n) is 9.76. The topological polar surface area (TPSA) is 129 Å². The Balaban J connectivity index is 1.19. The van der Waals surface area contributed by atoms with Gasteiger partial charge < -0.3 is 9.84 Å². The molecule has 8 aromatic rings. The standard InChI is InChI=1S/C42H37N9O2/c1-28-38(30(3)53-47-28)35-24-25-36-40(45-35)50(29(2)31-16-8-4-9-17-31)41(52)39(44-36)43-27-26-37-46-48-49-51(37)42(32-18-10-5-11-19-32,33-20-12-6-13-21-33)34-22-14-7-15-23-34/h4-25,29H,26-27H2,1-3H3,(H,43,44)/t29-/m0/s1. The summed E-state index contributed by atoms with van der Waals surface area (Å²) in [5, 5.41) is 20.8. The lowest BCUT2D eigenvalue weighted by Gasteiger charge is -2.36. The Labute approximate surface area is 306 Å². The van der Waals surface area contributed by atoms with Crippen molar-refractivity contribution in [2.45, 2.75) is 38.8 Å².